The van der Waals surface area contributed by atoms with Gasteiger partial charge in [0.1, 0.15) is 5.82 Å². The topological polar surface area (TPSA) is 55.1 Å². The molecule has 2 aromatic rings. The Morgan fingerprint density at radius 1 is 1.47 bits per heavy atom. The van der Waals surface area contributed by atoms with Crippen LogP contribution in [0.5, 0.6) is 0 Å². The number of rotatable bonds is 2. The zero-order valence-corrected chi connectivity index (χ0v) is 11.8. The maximum Gasteiger partial charge on any atom is 0.307 e. The van der Waals surface area contributed by atoms with E-state index in [0.717, 1.165) is 16.9 Å². The molecule has 1 aromatic heterocycles. The van der Waals surface area contributed by atoms with Gasteiger partial charge in [-0.3, -0.25) is 4.79 Å². The highest BCUT2D eigenvalue weighted by molar-refractivity contribution is 6.31. The maximum absolute atomic E-state index is 11.3. The quantitative estimate of drug-likeness (QED) is 0.918. The van der Waals surface area contributed by atoms with Crippen LogP contribution in [0, 0.1) is 11.3 Å². The van der Waals surface area contributed by atoms with Crippen LogP contribution in [0.3, 0.4) is 0 Å². The summed E-state index contributed by atoms with van der Waals surface area (Å²) in [4.78, 5) is 15.9. The van der Waals surface area contributed by atoms with Gasteiger partial charge in [-0.2, -0.15) is 0 Å². The summed E-state index contributed by atoms with van der Waals surface area (Å²) in [5, 5.41) is 9.91. The van der Waals surface area contributed by atoms with E-state index < -0.39 is 5.97 Å². The fraction of sp³-hybridized carbons (Fsp3) is 0.429. The number of carboxylic acid groups (broad SMARTS) is 1. The molecule has 19 heavy (non-hydrogen) atoms. The van der Waals surface area contributed by atoms with Crippen molar-refractivity contribution in [2.45, 2.75) is 19.8 Å². The van der Waals surface area contributed by atoms with Crippen LogP contribution in [0.1, 0.15) is 25.6 Å². The number of aromatic nitrogens is 2. The minimum Gasteiger partial charge on any atom is -0.481 e. The van der Waals surface area contributed by atoms with Gasteiger partial charge in [0, 0.05) is 18.0 Å². The maximum atomic E-state index is 11.3. The first-order valence-electron chi connectivity index (χ1n) is 6.18. The Hall–Kier alpha value is -1.55. The zero-order chi connectivity index (χ0) is 13.9. The Bertz CT molecular complexity index is 690. The van der Waals surface area contributed by atoms with Crippen molar-refractivity contribution in [3.63, 3.8) is 0 Å². The van der Waals surface area contributed by atoms with Crippen molar-refractivity contribution >= 4 is 28.6 Å². The predicted octanol–water partition coefficient (Wildman–Crippen LogP) is 3.05. The molecule has 1 fully saturated rings. The molecule has 1 N–H and O–H groups in total. The summed E-state index contributed by atoms with van der Waals surface area (Å²) in [6, 6.07) is 5.55. The van der Waals surface area contributed by atoms with Gasteiger partial charge in [0.2, 0.25) is 0 Å². The molecule has 1 aromatic carbocycles. The highest BCUT2D eigenvalue weighted by atomic mass is 35.5. The molecule has 0 radical (unpaired) electrons. The number of benzene rings is 1. The number of fused-ring (bicyclic) bond motifs is 1. The van der Waals surface area contributed by atoms with E-state index in [1.807, 2.05) is 43.7 Å². The van der Waals surface area contributed by atoms with E-state index in [2.05, 4.69) is 4.98 Å². The number of hydrogen-bond donors (Lipinski definition) is 1. The smallest absolute Gasteiger partial charge is 0.307 e. The number of carbonyl (C=O) groups is 1. The lowest BCUT2D eigenvalue weighted by Gasteiger charge is -2.03. The summed E-state index contributed by atoms with van der Waals surface area (Å²) in [5.74, 6) is -0.325. The molecule has 0 spiro atoms. The van der Waals surface area contributed by atoms with Crippen molar-refractivity contribution in [2.24, 2.45) is 18.4 Å². The summed E-state index contributed by atoms with van der Waals surface area (Å²) in [7, 11) is 1.92. The Labute approximate surface area is 116 Å². The minimum atomic E-state index is -0.750. The minimum absolute atomic E-state index is 0.0406. The molecule has 0 amide bonds. The number of imidazole rings is 1. The highest BCUT2D eigenvalue weighted by Gasteiger charge is 2.64. The van der Waals surface area contributed by atoms with Crippen LogP contribution < -0.4 is 0 Å². The zero-order valence-electron chi connectivity index (χ0n) is 11.0. The fourth-order valence-corrected chi connectivity index (χ4v) is 3.22. The van der Waals surface area contributed by atoms with Gasteiger partial charge in [0.25, 0.3) is 0 Å². The first kappa shape index (κ1) is 12.5. The van der Waals surface area contributed by atoms with Gasteiger partial charge in [0.15, 0.2) is 0 Å². The highest BCUT2D eigenvalue weighted by Crippen LogP contribution is 2.64. The molecule has 1 aliphatic rings. The Balaban J connectivity index is 2.12. The van der Waals surface area contributed by atoms with Gasteiger partial charge in [-0.05, 0) is 23.6 Å². The van der Waals surface area contributed by atoms with E-state index in [-0.39, 0.29) is 17.3 Å². The predicted molar refractivity (Wildman–Crippen MR) is 73.4 cm³/mol. The summed E-state index contributed by atoms with van der Waals surface area (Å²) in [6.45, 7) is 3.95. The molecule has 100 valence electrons. The molecule has 0 saturated heterocycles. The van der Waals surface area contributed by atoms with Gasteiger partial charge in [-0.1, -0.05) is 25.4 Å². The van der Waals surface area contributed by atoms with E-state index in [9.17, 15) is 9.90 Å². The van der Waals surface area contributed by atoms with Crippen molar-refractivity contribution in [1.29, 1.82) is 0 Å². The fourth-order valence-electron chi connectivity index (χ4n) is 3.05. The molecular formula is C14H15ClN2O2. The second-order valence-corrected chi connectivity index (χ2v) is 6.21. The van der Waals surface area contributed by atoms with E-state index in [4.69, 9.17) is 11.6 Å². The van der Waals surface area contributed by atoms with Crippen LogP contribution in [-0.2, 0) is 11.8 Å². The summed E-state index contributed by atoms with van der Waals surface area (Å²) in [6.07, 6.45) is 0. The van der Waals surface area contributed by atoms with Crippen LogP contribution in [0.4, 0.5) is 0 Å². The normalized spacial score (nSPS) is 24.6. The number of halogens is 1. The van der Waals surface area contributed by atoms with E-state index in [0.29, 0.717) is 5.02 Å². The molecule has 0 bridgehead atoms. The summed E-state index contributed by atoms with van der Waals surface area (Å²) in [5.41, 5.74) is 1.55. The first-order chi connectivity index (χ1) is 8.84. The van der Waals surface area contributed by atoms with Crippen LogP contribution in [0.2, 0.25) is 5.02 Å². The molecule has 2 unspecified atom stereocenters. The second-order valence-electron chi connectivity index (χ2n) is 5.78. The van der Waals surface area contributed by atoms with Crippen molar-refractivity contribution in [3.8, 4) is 0 Å². The third kappa shape index (κ3) is 1.66. The number of aryl methyl sites for hydroxylation is 1. The van der Waals surface area contributed by atoms with E-state index in [1.54, 1.807) is 0 Å². The van der Waals surface area contributed by atoms with Gasteiger partial charge in [-0.25, -0.2) is 4.98 Å². The van der Waals surface area contributed by atoms with Crippen molar-refractivity contribution in [2.75, 3.05) is 0 Å². The number of carboxylic acids is 1. The van der Waals surface area contributed by atoms with Crippen LogP contribution in [0.15, 0.2) is 18.2 Å². The lowest BCUT2D eigenvalue weighted by atomic mass is 10.1. The van der Waals surface area contributed by atoms with Gasteiger partial charge >= 0.3 is 5.97 Å². The van der Waals surface area contributed by atoms with Gasteiger partial charge < -0.3 is 9.67 Å². The average Bonchev–Trinajstić information content (AvgIpc) is 2.74. The van der Waals surface area contributed by atoms with Crippen LogP contribution >= 0.6 is 11.6 Å². The molecule has 3 rings (SSSR count). The Morgan fingerprint density at radius 3 is 2.74 bits per heavy atom. The lowest BCUT2D eigenvalue weighted by Crippen LogP contribution is -2.03. The number of hydrogen-bond acceptors (Lipinski definition) is 2. The third-order valence-corrected chi connectivity index (χ3v) is 4.48. The molecule has 0 aliphatic heterocycles. The SMILES string of the molecule is Cn1c(C2C(C(=O)O)C2(C)C)nc2cc(Cl)ccc21. The van der Waals surface area contributed by atoms with E-state index in [1.165, 1.54) is 0 Å². The molecular weight excluding hydrogens is 264 g/mol. The monoisotopic (exact) mass is 278 g/mol. The van der Waals surface area contributed by atoms with E-state index >= 15 is 0 Å². The summed E-state index contributed by atoms with van der Waals surface area (Å²) >= 11 is 5.97. The van der Waals surface area contributed by atoms with Crippen molar-refractivity contribution < 1.29 is 9.90 Å². The van der Waals surface area contributed by atoms with Crippen molar-refractivity contribution in [1.82, 2.24) is 9.55 Å². The largest absolute Gasteiger partial charge is 0.481 e. The molecule has 5 heteroatoms. The number of nitrogens with zero attached hydrogens (tertiary/aromatic N) is 2. The molecule has 2 atom stereocenters. The third-order valence-electron chi connectivity index (χ3n) is 4.25. The van der Waals surface area contributed by atoms with Gasteiger partial charge in [0.05, 0.1) is 17.0 Å². The second kappa shape index (κ2) is 3.73. The molecule has 1 saturated carbocycles. The number of aliphatic carboxylic acids is 1. The van der Waals surface area contributed by atoms with Crippen molar-refractivity contribution in [3.05, 3.63) is 29.0 Å². The lowest BCUT2D eigenvalue weighted by molar-refractivity contribution is -0.139. The Morgan fingerprint density at radius 2 is 2.16 bits per heavy atom. The standard InChI is InChI=1S/C14H15ClN2O2/c1-14(2)10(11(14)13(18)19)12-16-8-6-7(15)4-5-9(8)17(12)3/h4-6,10-11H,1-3H3,(H,18,19). The molecule has 4 nitrogen and oxygen atoms in total. The molecule has 1 heterocycles. The van der Waals surface area contributed by atoms with Crippen LogP contribution in [-0.4, -0.2) is 20.6 Å². The average molecular weight is 279 g/mol. The molecule has 1 aliphatic carbocycles. The van der Waals surface area contributed by atoms with Gasteiger partial charge in [-0.15, -0.1) is 0 Å². The summed E-state index contributed by atoms with van der Waals surface area (Å²) < 4.78 is 1.97. The first-order valence-corrected chi connectivity index (χ1v) is 6.56. The van der Waals surface area contributed by atoms with Crippen LogP contribution in [0.25, 0.3) is 11.0 Å². The Kier molecular flexibility index (Phi) is 2.45.